The molecule has 2 aromatic heterocycles. The molecule has 4 heterocycles. The van der Waals surface area contributed by atoms with Crippen molar-refractivity contribution in [3.63, 3.8) is 0 Å². The van der Waals surface area contributed by atoms with Gasteiger partial charge in [0.05, 0.1) is 6.10 Å². The highest BCUT2D eigenvalue weighted by Gasteiger charge is 2.22. The van der Waals surface area contributed by atoms with Crippen molar-refractivity contribution in [3.05, 3.63) is 52.0 Å². The first-order chi connectivity index (χ1) is 11.4. The topological polar surface area (TPSA) is 25.4 Å². The molecular formula is C19H24N2OS. The maximum absolute atomic E-state index is 5.80. The number of pyridine rings is 1. The van der Waals surface area contributed by atoms with Gasteiger partial charge < -0.3 is 4.74 Å². The normalized spacial score (nSPS) is 23.4. The van der Waals surface area contributed by atoms with Gasteiger partial charge in [0, 0.05) is 35.3 Å². The molecule has 122 valence electrons. The number of aromatic nitrogens is 1. The summed E-state index contributed by atoms with van der Waals surface area (Å²) >= 11 is 1.95. The fraction of sp³-hybridized carbons (Fsp3) is 0.526. The van der Waals surface area contributed by atoms with Gasteiger partial charge in [-0.2, -0.15) is 0 Å². The standard InChI is InChI=1S/C19H24N2OS/c1-2-18(22-13-1)19-4-3-17(23-19)14-21-11-7-16(8-12-21)15-5-9-20-10-6-15/h3-6,9-10,16,18H,1-2,7-8,11-14H2. The molecule has 0 bridgehead atoms. The molecule has 2 aliphatic rings. The average molecular weight is 328 g/mol. The van der Waals surface area contributed by atoms with Crippen LogP contribution < -0.4 is 0 Å². The molecule has 0 saturated carbocycles. The molecule has 0 radical (unpaired) electrons. The molecule has 2 fully saturated rings. The Morgan fingerprint density at radius 2 is 1.91 bits per heavy atom. The van der Waals surface area contributed by atoms with Crippen molar-refractivity contribution in [2.75, 3.05) is 19.7 Å². The van der Waals surface area contributed by atoms with Gasteiger partial charge in [-0.3, -0.25) is 9.88 Å². The molecule has 4 rings (SSSR count). The van der Waals surface area contributed by atoms with Crippen molar-refractivity contribution in [2.24, 2.45) is 0 Å². The van der Waals surface area contributed by atoms with Crippen LogP contribution in [0.2, 0.25) is 0 Å². The summed E-state index contributed by atoms with van der Waals surface area (Å²) in [7, 11) is 0. The van der Waals surface area contributed by atoms with E-state index < -0.39 is 0 Å². The highest BCUT2D eigenvalue weighted by atomic mass is 32.1. The molecule has 23 heavy (non-hydrogen) atoms. The Morgan fingerprint density at radius 1 is 1.09 bits per heavy atom. The summed E-state index contributed by atoms with van der Waals surface area (Å²) < 4.78 is 5.80. The van der Waals surface area contributed by atoms with Crippen molar-refractivity contribution in [2.45, 2.75) is 44.2 Å². The van der Waals surface area contributed by atoms with Crippen LogP contribution in [-0.2, 0) is 11.3 Å². The molecule has 2 saturated heterocycles. The molecule has 3 nitrogen and oxygen atoms in total. The van der Waals surface area contributed by atoms with E-state index in [4.69, 9.17) is 4.74 Å². The summed E-state index contributed by atoms with van der Waals surface area (Å²) in [5, 5.41) is 0. The molecule has 0 amide bonds. The fourth-order valence-electron chi connectivity index (χ4n) is 3.73. The monoisotopic (exact) mass is 328 g/mol. The molecule has 4 heteroatoms. The minimum Gasteiger partial charge on any atom is -0.373 e. The molecule has 1 atom stereocenters. The van der Waals surface area contributed by atoms with Gasteiger partial charge in [-0.15, -0.1) is 11.3 Å². The van der Waals surface area contributed by atoms with Gasteiger partial charge in [-0.05, 0) is 74.5 Å². The molecular weight excluding hydrogens is 304 g/mol. The van der Waals surface area contributed by atoms with E-state index in [0.29, 0.717) is 12.0 Å². The minimum absolute atomic E-state index is 0.367. The molecule has 1 unspecified atom stereocenters. The molecule has 2 aromatic rings. The number of ether oxygens (including phenoxy) is 1. The van der Waals surface area contributed by atoms with Crippen molar-refractivity contribution >= 4 is 11.3 Å². The Balaban J connectivity index is 1.31. The summed E-state index contributed by atoms with van der Waals surface area (Å²) in [5.74, 6) is 0.708. The lowest BCUT2D eigenvalue weighted by Gasteiger charge is -2.31. The van der Waals surface area contributed by atoms with E-state index in [0.717, 1.165) is 13.2 Å². The van der Waals surface area contributed by atoms with E-state index in [1.54, 1.807) is 0 Å². The first-order valence-corrected chi connectivity index (χ1v) is 9.52. The van der Waals surface area contributed by atoms with E-state index in [-0.39, 0.29) is 0 Å². The van der Waals surface area contributed by atoms with Crippen LogP contribution in [-0.4, -0.2) is 29.6 Å². The molecule has 0 N–H and O–H groups in total. The number of nitrogens with zero attached hydrogens (tertiary/aromatic N) is 2. The van der Waals surface area contributed by atoms with Crippen molar-refractivity contribution in [1.82, 2.24) is 9.88 Å². The first-order valence-electron chi connectivity index (χ1n) is 8.71. The number of hydrogen-bond acceptors (Lipinski definition) is 4. The third-order valence-corrected chi connectivity index (χ3v) is 6.24. The molecule has 2 aliphatic heterocycles. The van der Waals surface area contributed by atoms with Crippen LogP contribution in [0.3, 0.4) is 0 Å². The lowest BCUT2D eigenvalue weighted by molar-refractivity contribution is 0.114. The number of likely N-dealkylation sites (tertiary alicyclic amines) is 1. The lowest BCUT2D eigenvalue weighted by atomic mass is 9.90. The predicted molar refractivity (Wildman–Crippen MR) is 93.7 cm³/mol. The Labute approximate surface area is 142 Å². The van der Waals surface area contributed by atoms with Crippen molar-refractivity contribution < 1.29 is 4.74 Å². The maximum atomic E-state index is 5.80. The van der Waals surface area contributed by atoms with E-state index in [1.807, 2.05) is 23.7 Å². The van der Waals surface area contributed by atoms with E-state index in [1.165, 1.54) is 54.1 Å². The van der Waals surface area contributed by atoms with E-state index in [2.05, 4.69) is 34.1 Å². The minimum atomic E-state index is 0.367. The number of piperidine rings is 1. The summed E-state index contributed by atoms with van der Waals surface area (Å²) in [6, 6.07) is 8.93. The largest absolute Gasteiger partial charge is 0.373 e. The van der Waals surface area contributed by atoms with E-state index in [9.17, 15) is 0 Å². The molecule has 0 spiro atoms. The van der Waals surface area contributed by atoms with Crippen LogP contribution >= 0.6 is 11.3 Å². The average Bonchev–Trinajstić information content (AvgIpc) is 3.28. The Bertz CT molecular complexity index is 613. The van der Waals surface area contributed by atoms with Gasteiger partial charge >= 0.3 is 0 Å². The molecule has 0 aliphatic carbocycles. The number of rotatable bonds is 4. The third kappa shape index (κ3) is 3.65. The van der Waals surface area contributed by atoms with Gasteiger partial charge in [0.15, 0.2) is 0 Å². The number of thiophene rings is 1. The van der Waals surface area contributed by atoms with Gasteiger partial charge in [-0.25, -0.2) is 0 Å². The predicted octanol–water partition coefficient (Wildman–Crippen LogP) is 4.37. The van der Waals surface area contributed by atoms with Gasteiger partial charge in [0.25, 0.3) is 0 Å². The Kier molecular flexibility index (Phi) is 4.74. The second kappa shape index (κ2) is 7.12. The zero-order valence-electron chi connectivity index (χ0n) is 13.5. The van der Waals surface area contributed by atoms with E-state index >= 15 is 0 Å². The fourth-order valence-corrected chi connectivity index (χ4v) is 4.87. The number of hydrogen-bond donors (Lipinski definition) is 0. The second-order valence-corrected chi connectivity index (χ2v) is 7.84. The second-order valence-electron chi connectivity index (χ2n) is 6.64. The highest BCUT2D eigenvalue weighted by Crippen LogP contribution is 2.34. The highest BCUT2D eigenvalue weighted by molar-refractivity contribution is 7.12. The Hall–Kier alpha value is -1.23. The van der Waals surface area contributed by atoms with Crippen LogP contribution in [0.25, 0.3) is 0 Å². The van der Waals surface area contributed by atoms with Crippen LogP contribution in [0.1, 0.15) is 53.0 Å². The smallest absolute Gasteiger partial charge is 0.0917 e. The van der Waals surface area contributed by atoms with Crippen LogP contribution in [0.4, 0.5) is 0 Å². The van der Waals surface area contributed by atoms with Crippen LogP contribution in [0.5, 0.6) is 0 Å². The first kappa shape index (κ1) is 15.3. The zero-order valence-corrected chi connectivity index (χ0v) is 14.3. The van der Waals surface area contributed by atoms with Crippen molar-refractivity contribution in [3.8, 4) is 0 Å². The quantitative estimate of drug-likeness (QED) is 0.833. The van der Waals surface area contributed by atoms with Crippen LogP contribution in [0.15, 0.2) is 36.7 Å². The summed E-state index contributed by atoms with van der Waals surface area (Å²) in [5.41, 5.74) is 1.46. The maximum Gasteiger partial charge on any atom is 0.0917 e. The van der Waals surface area contributed by atoms with Gasteiger partial charge in [0.1, 0.15) is 0 Å². The summed E-state index contributed by atoms with van der Waals surface area (Å²) in [6.07, 6.45) is 9.12. The lowest BCUT2D eigenvalue weighted by Crippen LogP contribution is -2.32. The van der Waals surface area contributed by atoms with Gasteiger partial charge in [0.2, 0.25) is 0 Å². The Morgan fingerprint density at radius 3 is 2.65 bits per heavy atom. The third-order valence-electron chi connectivity index (χ3n) is 5.07. The molecule has 0 aromatic carbocycles. The van der Waals surface area contributed by atoms with Gasteiger partial charge in [-0.1, -0.05) is 0 Å². The SMILES string of the molecule is c1cc(C2CCN(Cc3ccc(C4CCCO4)s3)CC2)ccn1. The van der Waals surface area contributed by atoms with Crippen LogP contribution in [0, 0.1) is 0 Å². The van der Waals surface area contributed by atoms with Crippen molar-refractivity contribution in [1.29, 1.82) is 0 Å². The summed E-state index contributed by atoms with van der Waals surface area (Å²) in [4.78, 5) is 9.63. The summed E-state index contributed by atoms with van der Waals surface area (Å²) in [6.45, 7) is 4.42. The zero-order chi connectivity index (χ0) is 15.5.